The number of esters is 1. The number of hydrogen-bond donors (Lipinski definition) is 0. The number of oxazole rings is 1. The Morgan fingerprint density at radius 3 is 1.60 bits per heavy atom. The third kappa shape index (κ3) is 5.69. The second-order valence-corrected chi connectivity index (χ2v) is 8.68. The van der Waals surface area contributed by atoms with E-state index in [9.17, 15) is 79.4 Å². The van der Waals surface area contributed by atoms with E-state index >= 15 is 0 Å². The summed E-state index contributed by atoms with van der Waals surface area (Å²) in [5, 5.41) is 0. The monoisotopic (exact) mass is 663 g/mol. The molecule has 1 aromatic heterocycles. The minimum Gasteiger partial charge on any atom is -0.461 e. The predicted molar refractivity (Wildman–Crippen MR) is 107 cm³/mol. The van der Waals surface area contributed by atoms with Crippen molar-refractivity contribution in [2.45, 2.75) is 67.4 Å². The number of rotatable bonds is 12. The summed E-state index contributed by atoms with van der Waals surface area (Å²) in [6.07, 6.45) is -12.2. The minimum absolute atomic E-state index is 0.158. The van der Waals surface area contributed by atoms with Crippen LogP contribution in [0, 0.1) is 6.92 Å². The molecule has 2 rings (SSSR count). The lowest BCUT2D eigenvalue weighted by Gasteiger charge is -2.42. The number of nitrogens with zero attached hydrogens (tertiary/aromatic N) is 1. The summed E-state index contributed by atoms with van der Waals surface area (Å²) in [5.41, 5.74) is -0.268. The Hall–Kier alpha value is -3.29. The number of aromatic nitrogens is 1. The fraction of sp³-hybridized carbons (Fsp3) is 0.545. The highest BCUT2D eigenvalue weighted by molar-refractivity contribution is 5.88. The zero-order valence-electron chi connectivity index (χ0n) is 20.6. The summed E-state index contributed by atoms with van der Waals surface area (Å²) >= 11 is 0. The Labute approximate surface area is 227 Å². The highest BCUT2D eigenvalue weighted by atomic mass is 19.4. The van der Waals surface area contributed by atoms with Crippen LogP contribution in [0.1, 0.15) is 29.1 Å². The van der Waals surface area contributed by atoms with Crippen molar-refractivity contribution in [2.75, 3.05) is 6.61 Å². The van der Waals surface area contributed by atoms with Gasteiger partial charge in [-0.3, -0.25) is 0 Å². The van der Waals surface area contributed by atoms with Gasteiger partial charge in [0.25, 0.3) is 0 Å². The Morgan fingerprint density at radius 1 is 0.698 bits per heavy atom. The SMILES string of the molecule is Cc1oc(-c2ccccc2)nc1C(=O)OCCCC(F)(F)C(F)(F)C(F)(F)C(F)(F)C(F)(F)C(F)(F)C(F)(F)C(F)(F)F. The quantitative estimate of drug-likeness (QED) is 0.130. The van der Waals surface area contributed by atoms with E-state index in [0.29, 0.717) is 5.56 Å². The van der Waals surface area contributed by atoms with Crippen LogP contribution < -0.4 is 0 Å². The van der Waals surface area contributed by atoms with E-state index in [1.807, 2.05) is 0 Å². The molecule has 0 fully saturated rings. The van der Waals surface area contributed by atoms with Crippen molar-refractivity contribution in [1.29, 1.82) is 0 Å². The average Bonchev–Trinajstić information content (AvgIpc) is 3.27. The number of ether oxygens (including phenoxy) is 1. The van der Waals surface area contributed by atoms with Gasteiger partial charge < -0.3 is 9.15 Å². The molecule has 43 heavy (non-hydrogen) atoms. The van der Waals surface area contributed by atoms with E-state index in [2.05, 4.69) is 9.72 Å². The maximum Gasteiger partial charge on any atom is 0.460 e. The first-order valence-corrected chi connectivity index (χ1v) is 11.0. The molecule has 0 bridgehead atoms. The summed E-state index contributed by atoms with van der Waals surface area (Å²) in [6.45, 7) is -0.220. The summed E-state index contributed by atoms with van der Waals surface area (Å²) in [5.74, 6) is -58.7. The molecule has 0 radical (unpaired) electrons. The van der Waals surface area contributed by atoms with E-state index in [1.165, 1.54) is 24.3 Å². The van der Waals surface area contributed by atoms with Crippen LogP contribution in [-0.4, -0.2) is 65.2 Å². The normalized spacial score (nSPS) is 14.7. The molecule has 2 aromatic rings. The van der Waals surface area contributed by atoms with Crippen LogP contribution >= 0.6 is 0 Å². The van der Waals surface area contributed by atoms with Gasteiger partial charge in [-0.1, -0.05) is 18.2 Å². The molecular formula is C22H14F17NO3. The van der Waals surface area contributed by atoms with Crippen LogP contribution in [0.2, 0.25) is 0 Å². The van der Waals surface area contributed by atoms with Gasteiger partial charge in [-0.05, 0) is 25.5 Å². The molecule has 0 aliphatic rings. The summed E-state index contributed by atoms with van der Waals surface area (Å²) in [4.78, 5) is 15.8. The van der Waals surface area contributed by atoms with E-state index in [4.69, 9.17) is 4.42 Å². The van der Waals surface area contributed by atoms with Crippen molar-refractivity contribution in [3.63, 3.8) is 0 Å². The standard InChI is InChI=1S/C22H14F17NO3/c1-10-12(40-13(43-10)11-6-3-2-4-7-11)14(41)42-9-5-8-15(23,24)16(25,26)17(27,28)18(29,30)19(31,32)20(33,34)21(35,36)22(37,38)39/h2-4,6-7H,5,8-9H2,1H3. The topological polar surface area (TPSA) is 52.3 Å². The molecule has 1 heterocycles. The first-order chi connectivity index (χ1) is 19.1. The van der Waals surface area contributed by atoms with Crippen molar-refractivity contribution in [3.05, 3.63) is 41.8 Å². The van der Waals surface area contributed by atoms with Crippen LogP contribution in [0.4, 0.5) is 74.6 Å². The molecule has 0 aliphatic carbocycles. The fourth-order valence-electron chi connectivity index (χ4n) is 3.17. The summed E-state index contributed by atoms with van der Waals surface area (Å²) < 4.78 is 236. The number of carbonyl (C=O) groups is 1. The second-order valence-electron chi connectivity index (χ2n) is 8.68. The van der Waals surface area contributed by atoms with E-state index < -0.39 is 78.7 Å². The minimum atomic E-state index is -8.69. The number of alkyl halides is 17. The molecule has 0 amide bonds. The largest absolute Gasteiger partial charge is 0.461 e. The number of hydrogen-bond acceptors (Lipinski definition) is 4. The van der Waals surface area contributed by atoms with E-state index in [0.717, 1.165) is 6.92 Å². The van der Waals surface area contributed by atoms with Crippen LogP contribution in [0.3, 0.4) is 0 Å². The Balaban J connectivity index is 2.21. The predicted octanol–water partition coefficient (Wildman–Crippen LogP) is 8.60. The van der Waals surface area contributed by atoms with Gasteiger partial charge in [-0.25, -0.2) is 9.78 Å². The van der Waals surface area contributed by atoms with Gasteiger partial charge in [0.2, 0.25) is 5.89 Å². The Kier molecular flexibility index (Phi) is 9.19. The van der Waals surface area contributed by atoms with Gasteiger partial charge in [0, 0.05) is 12.0 Å². The molecule has 0 atom stereocenters. The van der Waals surface area contributed by atoms with Gasteiger partial charge >= 0.3 is 53.6 Å². The zero-order chi connectivity index (χ0) is 33.7. The number of benzene rings is 1. The smallest absolute Gasteiger partial charge is 0.460 e. The highest BCUT2D eigenvalue weighted by Gasteiger charge is 2.95. The molecule has 0 unspecified atom stereocenters. The molecule has 4 nitrogen and oxygen atoms in total. The molecule has 0 saturated carbocycles. The molecule has 21 heteroatoms. The molecule has 1 aromatic carbocycles. The van der Waals surface area contributed by atoms with E-state index in [1.54, 1.807) is 6.07 Å². The number of aryl methyl sites for hydroxylation is 1. The van der Waals surface area contributed by atoms with Crippen molar-refractivity contribution >= 4 is 5.97 Å². The maximum atomic E-state index is 13.9. The molecule has 0 N–H and O–H groups in total. The van der Waals surface area contributed by atoms with Crippen molar-refractivity contribution in [3.8, 4) is 11.5 Å². The Bertz CT molecular complexity index is 1290. The first kappa shape index (κ1) is 35.9. The number of halogens is 17. The molecule has 0 aliphatic heterocycles. The van der Waals surface area contributed by atoms with Crippen molar-refractivity contribution in [2.24, 2.45) is 0 Å². The highest BCUT2D eigenvalue weighted by Crippen LogP contribution is 2.64. The van der Waals surface area contributed by atoms with Crippen LogP contribution in [0.15, 0.2) is 34.7 Å². The lowest BCUT2D eigenvalue weighted by molar-refractivity contribution is -0.461. The molecular weight excluding hydrogens is 649 g/mol. The van der Waals surface area contributed by atoms with Gasteiger partial charge in [-0.2, -0.15) is 74.6 Å². The average molecular weight is 663 g/mol. The summed E-state index contributed by atoms with van der Waals surface area (Å²) in [6, 6.07) is 7.61. The number of carbonyl (C=O) groups excluding carboxylic acids is 1. The van der Waals surface area contributed by atoms with Crippen molar-refractivity contribution in [1.82, 2.24) is 4.98 Å². The molecule has 0 spiro atoms. The maximum absolute atomic E-state index is 13.9. The third-order valence-corrected chi connectivity index (χ3v) is 5.67. The third-order valence-electron chi connectivity index (χ3n) is 5.67. The van der Waals surface area contributed by atoms with Gasteiger partial charge in [0.1, 0.15) is 5.76 Å². The fourth-order valence-corrected chi connectivity index (χ4v) is 3.17. The summed E-state index contributed by atoms with van der Waals surface area (Å²) in [7, 11) is 0. The zero-order valence-corrected chi connectivity index (χ0v) is 20.6. The van der Waals surface area contributed by atoms with Crippen molar-refractivity contribution < 1.29 is 88.6 Å². The molecule has 244 valence electrons. The molecule has 0 saturated heterocycles. The lowest BCUT2D eigenvalue weighted by atomic mass is 9.88. The van der Waals surface area contributed by atoms with E-state index in [-0.39, 0.29) is 11.7 Å². The van der Waals surface area contributed by atoms with Gasteiger partial charge in [-0.15, -0.1) is 0 Å². The van der Waals surface area contributed by atoms with Crippen LogP contribution in [-0.2, 0) is 4.74 Å². The van der Waals surface area contributed by atoms with Gasteiger partial charge in [0.05, 0.1) is 6.61 Å². The lowest BCUT2D eigenvalue weighted by Crippen LogP contribution is -2.74. The Morgan fingerprint density at radius 2 is 1.14 bits per heavy atom. The van der Waals surface area contributed by atoms with Crippen LogP contribution in [0.5, 0.6) is 0 Å². The van der Waals surface area contributed by atoms with Gasteiger partial charge in [0.15, 0.2) is 5.69 Å². The second kappa shape index (κ2) is 11.0. The first-order valence-electron chi connectivity index (χ1n) is 11.0. The van der Waals surface area contributed by atoms with Crippen LogP contribution in [0.25, 0.3) is 11.5 Å².